The first-order valence-corrected chi connectivity index (χ1v) is 8.99. The highest BCUT2D eigenvalue weighted by Gasteiger charge is 2.25. The van der Waals surface area contributed by atoms with Crippen LogP contribution < -0.4 is 0 Å². The van der Waals surface area contributed by atoms with E-state index in [9.17, 15) is 13.2 Å². The predicted octanol–water partition coefficient (Wildman–Crippen LogP) is 2.73. The standard InChI is InChI=1S/C14H17ClO5S/c1-19-11-5-3-6-12(9-11)20-14(16)10-4-2-7-13(8-10)21(15,17)18/h2,4,7-8,11-12H,3,5-6,9H2,1H3. The Morgan fingerprint density at radius 2 is 2.00 bits per heavy atom. The molecule has 0 amide bonds. The molecule has 0 N–H and O–H groups in total. The molecule has 2 rings (SSSR count). The molecule has 0 aromatic heterocycles. The Morgan fingerprint density at radius 3 is 2.67 bits per heavy atom. The van der Waals surface area contributed by atoms with E-state index < -0.39 is 15.0 Å². The Hall–Kier alpha value is -1.11. The van der Waals surface area contributed by atoms with Crippen molar-refractivity contribution >= 4 is 25.7 Å². The SMILES string of the molecule is COC1CCCC(OC(=O)c2cccc(S(=O)(=O)Cl)c2)C1. The lowest BCUT2D eigenvalue weighted by molar-refractivity contribution is -0.0149. The lowest BCUT2D eigenvalue weighted by Gasteiger charge is -2.27. The number of rotatable bonds is 4. The van der Waals surface area contributed by atoms with Crippen LogP contribution in [0.1, 0.15) is 36.0 Å². The molecule has 2 atom stereocenters. The van der Waals surface area contributed by atoms with Crippen LogP contribution in [0.15, 0.2) is 29.2 Å². The molecular weight excluding hydrogens is 316 g/mol. The molecule has 0 saturated heterocycles. The minimum absolute atomic E-state index is 0.103. The van der Waals surface area contributed by atoms with E-state index in [0.717, 1.165) is 19.3 Å². The van der Waals surface area contributed by atoms with Crippen LogP contribution in [0, 0.1) is 0 Å². The minimum Gasteiger partial charge on any atom is -0.459 e. The van der Waals surface area contributed by atoms with E-state index >= 15 is 0 Å². The monoisotopic (exact) mass is 332 g/mol. The van der Waals surface area contributed by atoms with E-state index in [1.807, 2.05) is 0 Å². The highest BCUT2D eigenvalue weighted by Crippen LogP contribution is 2.24. The Bertz CT molecular complexity index is 614. The molecule has 21 heavy (non-hydrogen) atoms. The maximum absolute atomic E-state index is 12.1. The van der Waals surface area contributed by atoms with Gasteiger partial charge in [-0.25, -0.2) is 13.2 Å². The topological polar surface area (TPSA) is 69.7 Å². The highest BCUT2D eigenvalue weighted by atomic mass is 35.7. The third-order valence-electron chi connectivity index (χ3n) is 3.54. The van der Waals surface area contributed by atoms with Crippen molar-refractivity contribution in [1.82, 2.24) is 0 Å². The van der Waals surface area contributed by atoms with Crippen molar-refractivity contribution in [3.05, 3.63) is 29.8 Å². The first-order chi connectivity index (χ1) is 9.90. The fourth-order valence-corrected chi connectivity index (χ4v) is 3.21. The van der Waals surface area contributed by atoms with Gasteiger partial charge in [0.2, 0.25) is 0 Å². The van der Waals surface area contributed by atoms with Gasteiger partial charge in [0.15, 0.2) is 0 Å². The van der Waals surface area contributed by atoms with Gasteiger partial charge >= 0.3 is 5.97 Å². The van der Waals surface area contributed by atoms with Crippen LogP contribution in [-0.4, -0.2) is 33.7 Å². The molecule has 7 heteroatoms. The molecule has 0 aliphatic heterocycles. The summed E-state index contributed by atoms with van der Waals surface area (Å²) >= 11 is 0. The van der Waals surface area contributed by atoms with Crippen LogP contribution in [0.2, 0.25) is 0 Å². The van der Waals surface area contributed by atoms with E-state index in [2.05, 4.69) is 0 Å². The smallest absolute Gasteiger partial charge is 0.338 e. The maximum atomic E-state index is 12.1. The van der Waals surface area contributed by atoms with Crippen LogP contribution in [-0.2, 0) is 18.5 Å². The van der Waals surface area contributed by atoms with Crippen LogP contribution in [0.5, 0.6) is 0 Å². The summed E-state index contributed by atoms with van der Waals surface area (Å²) in [4.78, 5) is 12.0. The van der Waals surface area contributed by atoms with E-state index in [-0.39, 0.29) is 22.7 Å². The molecule has 5 nitrogen and oxygen atoms in total. The molecule has 1 aliphatic carbocycles. The fraction of sp³-hybridized carbons (Fsp3) is 0.500. The van der Waals surface area contributed by atoms with Crippen molar-refractivity contribution in [3.63, 3.8) is 0 Å². The summed E-state index contributed by atoms with van der Waals surface area (Å²) in [6.07, 6.45) is 3.25. The second-order valence-electron chi connectivity index (χ2n) is 5.02. The van der Waals surface area contributed by atoms with Crippen molar-refractivity contribution in [1.29, 1.82) is 0 Å². The van der Waals surface area contributed by atoms with Crippen LogP contribution >= 0.6 is 10.7 Å². The Kier molecular flexibility index (Phi) is 5.24. The lowest BCUT2D eigenvalue weighted by Crippen LogP contribution is -2.29. The van der Waals surface area contributed by atoms with E-state index in [0.29, 0.717) is 6.42 Å². The summed E-state index contributed by atoms with van der Waals surface area (Å²) in [5.41, 5.74) is 0.177. The molecule has 1 saturated carbocycles. The number of halogens is 1. The second-order valence-corrected chi connectivity index (χ2v) is 7.58. The number of ether oxygens (including phenoxy) is 2. The van der Waals surface area contributed by atoms with Gasteiger partial charge in [-0.15, -0.1) is 0 Å². The van der Waals surface area contributed by atoms with Gasteiger partial charge in [0.05, 0.1) is 16.6 Å². The summed E-state index contributed by atoms with van der Waals surface area (Å²) in [5.74, 6) is -0.543. The molecule has 1 aromatic rings. The van der Waals surface area contributed by atoms with Crippen molar-refractivity contribution in [3.8, 4) is 0 Å². The van der Waals surface area contributed by atoms with Crippen molar-refractivity contribution in [2.24, 2.45) is 0 Å². The van der Waals surface area contributed by atoms with E-state index in [1.54, 1.807) is 7.11 Å². The number of carbonyl (C=O) groups is 1. The molecule has 0 spiro atoms. The van der Waals surface area contributed by atoms with E-state index in [1.165, 1.54) is 24.3 Å². The van der Waals surface area contributed by atoms with Crippen LogP contribution in [0.3, 0.4) is 0 Å². The highest BCUT2D eigenvalue weighted by molar-refractivity contribution is 8.13. The number of hydrogen-bond donors (Lipinski definition) is 0. The third-order valence-corrected chi connectivity index (χ3v) is 4.89. The average Bonchev–Trinajstić information content (AvgIpc) is 2.46. The molecular formula is C14H17ClO5S. The first-order valence-electron chi connectivity index (χ1n) is 6.68. The van der Waals surface area contributed by atoms with Gasteiger partial charge in [-0.3, -0.25) is 0 Å². The number of carbonyl (C=O) groups excluding carboxylic acids is 1. The summed E-state index contributed by atoms with van der Waals surface area (Å²) in [5, 5.41) is 0. The Morgan fingerprint density at radius 1 is 1.29 bits per heavy atom. The van der Waals surface area contributed by atoms with Crippen molar-refractivity contribution in [2.45, 2.75) is 42.8 Å². The molecule has 116 valence electrons. The molecule has 1 aromatic carbocycles. The van der Waals surface area contributed by atoms with Gasteiger partial charge in [-0.05, 0) is 37.5 Å². The normalized spacial score (nSPS) is 22.8. The van der Waals surface area contributed by atoms with Gasteiger partial charge in [-0.2, -0.15) is 0 Å². The molecule has 1 fully saturated rings. The molecule has 0 bridgehead atoms. The van der Waals surface area contributed by atoms with Crippen LogP contribution in [0.25, 0.3) is 0 Å². The Labute approximate surface area is 128 Å². The zero-order valence-corrected chi connectivity index (χ0v) is 13.2. The van der Waals surface area contributed by atoms with Crippen molar-refractivity contribution < 1.29 is 22.7 Å². The largest absolute Gasteiger partial charge is 0.459 e. The predicted molar refractivity (Wildman–Crippen MR) is 77.9 cm³/mol. The van der Waals surface area contributed by atoms with E-state index in [4.69, 9.17) is 20.2 Å². The number of benzene rings is 1. The average molecular weight is 333 g/mol. The molecule has 1 aliphatic rings. The number of hydrogen-bond acceptors (Lipinski definition) is 5. The third kappa shape index (κ3) is 4.43. The molecule has 0 heterocycles. The molecule has 2 unspecified atom stereocenters. The summed E-state index contributed by atoms with van der Waals surface area (Å²) in [7, 11) is 3.05. The van der Waals surface area contributed by atoms with Gasteiger partial charge < -0.3 is 9.47 Å². The number of esters is 1. The first kappa shape index (κ1) is 16.3. The molecule has 0 radical (unpaired) electrons. The zero-order chi connectivity index (χ0) is 15.5. The quantitative estimate of drug-likeness (QED) is 0.626. The summed E-state index contributed by atoms with van der Waals surface area (Å²) in [6, 6.07) is 5.52. The number of methoxy groups -OCH3 is 1. The van der Waals surface area contributed by atoms with Gasteiger partial charge in [0.1, 0.15) is 6.10 Å². The van der Waals surface area contributed by atoms with Gasteiger partial charge in [-0.1, -0.05) is 6.07 Å². The van der Waals surface area contributed by atoms with Crippen molar-refractivity contribution in [2.75, 3.05) is 7.11 Å². The maximum Gasteiger partial charge on any atom is 0.338 e. The summed E-state index contributed by atoms with van der Waals surface area (Å²) < 4.78 is 33.3. The minimum atomic E-state index is -3.86. The fourth-order valence-electron chi connectivity index (χ4n) is 2.42. The lowest BCUT2D eigenvalue weighted by atomic mass is 9.95. The van der Waals surface area contributed by atoms with Gasteiger partial charge in [0.25, 0.3) is 9.05 Å². The Balaban J connectivity index is 2.07. The second kappa shape index (κ2) is 6.77. The summed E-state index contributed by atoms with van der Waals surface area (Å²) in [6.45, 7) is 0. The van der Waals surface area contributed by atoms with Crippen LogP contribution in [0.4, 0.5) is 0 Å². The zero-order valence-electron chi connectivity index (χ0n) is 11.6. The van der Waals surface area contributed by atoms with Gasteiger partial charge in [0, 0.05) is 24.2 Å².